The first kappa shape index (κ1) is 14.9. The third-order valence-corrected chi connectivity index (χ3v) is 3.97. The molecule has 112 valence electrons. The normalized spacial score (nSPS) is 11.8. The van der Waals surface area contributed by atoms with Crippen LogP contribution in [0.3, 0.4) is 0 Å². The molecule has 2 aromatic carbocycles. The maximum atomic E-state index is 13.1. The highest BCUT2D eigenvalue weighted by Gasteiger charge is 2.16. The fraction of sp³-hybridized carbons (Fsp3) is 0.167. The van der Waals surface area contributed by atoms with E-state index >= 15 is 0 Å². The number of halogens is 1. The molecule has 1 heterocycles. The molecule has 0 aliphatic heterocycles. The molecule has 3 aromatic rings. The summed E-state index contributed by atoms with van der Waals surface area (Å²) in [6.07, 6.45) is 0. The molecule has 0 radical (unpaired) electrons. The molecular formula is C18H17FN2S. The summed E-state index contributed by atoms with van der Waals surface area (Å²) in [7, 11) is 0. The maximum Gasteiger partial charge on any atom is 0.131 e. The van der Waals surface area contributed by atoms with Crippen molar-refractivity contribution in [2.24, 2.45) is 0 Å². The van der Waals surface area contributed by atoms with Crippen molar-refractivity contribution < 1.29 is 4.39 Å². The van der Waals surface area contributed by atoms with Gasteiger partial charge in [0.1, 0.15) is 11.6 Å². The van der Waals surface area contributed by atoms with Crippen LogP contribution < -0.4 is 5.73 Å². The summed E-state index contributed by atoms with van der Waals surface area (Å²) in [4.78, 5) is 4.50. The van der Waals surface area contributed by atoms with Crippen LogP contribution in [0.1, 0.15) is 19.4 Å². The van der Waals surface area contributed by atoms with E-state index < -0.39 is 0 Å². The van der Waals surface area contributed by atoms with Gasteiger partial charge in [-0.05, 0) is 49.2 Å². The number of aromatic nitrogens is 1. The smallest absolute Gasteiger partial charge is 0.131 e. The van der Waals surface area contributed by atoms with Gasteiger partial charge in [-0.25, -0.2) is 9.37 Å². The lowest BCUT2D eigenvalue weighted by molar-refractivity contribution is 0.628. The third-order valence-electron chi connectivity index (χ3n) is 3.71. The van der Waals surface area contributed by atoms with Crippen LogP contribution in [-0.4, -0.2) is 4.98 Å². The van der Waals surface area contributed by atoms with Crippen LogP contribution in [0.5, 0.6) is 0 Å². The van der Waals surface area contributed by atoms with E-state index in [4.69, 9.17) is 5.73 Å². The number of rotatable bonds is 2. The van der Waals surface area contributed by atoms with Crippen LogP contribution in [0.4, 0.5) is 10.2 Å². The van der Waals surface area contributed by atoms with Crippen molar-refractivity contribution in [3.05, 3.63) is 59.9 Å². The van der Waals surface area contributed by atoms with E-state index in [2.05, 4.69) is 17.6 Å². The third kappa shape index (κ3) is 2.79. The predicted molar refractivity (Wildman–Crippen MR) is 93.6 cm³/mol. The number of nitrogen functional groups attached to an aromatic ring is 1. The average molecular weight is 312 g/mol. The Morgan fingerprint density at radius 1 is 1.05 bits per heavy atom. The van der Waals surface area contributed by atoms with E-state index in [1.54, 1.807) is 12.1 Å². The SMILES string of the molecule is CC(C)(S)c1ccc2cc(-c3ccc(F)cc3)c(N)nc2c1. The topological polar surface area (TPSA) is 38.9 Å². The second-order valence-corrected chi connectivity index (χ2v) is 7.01. The molecule has 2 N–H and O–H groups in total. The lowest BCUT2D eigenvalue weighted by Crippen LogP contribution is -2.07. The Balaban J connectivity index is 2.15. The second kappa shape index (κ2) is 5.29. The van der Waals surface area contributed by atoms with Gasteiger partial charge in [-0.3, -0.25) is 0 Å². The van der Waals surface area contributed by atoms with Gasteiger partial charge in [-0.1, -0.05) is 24.3 Å². The van der Waals surface area contributed by atoms with Gasteiger partial charge in [0, 0.05) is 15.7 Å². The van der Waals surface area contributed by atoms with Gasteiger partial charge in [0.25, 0.3) is 0 Å². The van der Waals surface area contributed by atoms with Gasteiger partial charge >= 0.3 is 0 Å². The maximum absolute atomic E-state index is 13.1. The van der Waals surface area contributed by atoms with Gasteiger partial charge in [0.2, 0.25) is 0 Å². The number of anilines is 1. The average Bonchev–Trinajstić information content (AvgIpc) is 2.46. The van der Waals surface area contributed by atoms with Crippen molar-refractivity contribution in [2.45, 2.75) is 18.6 Å². The van der Waals surface area contributed by atoms with E-state index in [1.807, 2.05) is 38.1 Å². The van der Waals surface area contributed by atoms with E-state index in [0.717, 1.165) is 27.6 Å². The van der Waals surface area contributed by atoms with Gasteiger partial charge < -0.3 is 5.73 Å². The first-order valence-corrected chi connectivity index (χ1v) is 7.48. The highest BCUT2D eigenvalue weighted by atomic mass is 32.1. The lowest BCUT2D eigenvalue weighted by Gasteiger charge is -2.18. The Morgan fingerprint density at radius 2 is 1.73 bits per heavy atom. The summed E-state index contributed by atoms with van der Waals surface area (Å²) in [6.45, 7) is 4.07. The van der Waals surface area contributed by atoms with Gasteiger partial charge in [0.05, 0.1) is 5.52 Å². The zero-order chi connectivity index (χ0) is 15.9. The molecule has 0 bridgehead atoms. The predicted octanol–water partition coefficient (Wildman–Crippen LogP) is 4.79. The molecule has 0 spiro atoms. The Bertz CT molecular complexity index is 836. The van der Waals surface area contributed by atoms with Crippen LogP contribution in [-0.2, 0) is 4.75 Å². The number of thiol groups is 1. The molecule has 3 rings (SSSR count). The highest BCUT2D eigenvalue weighted by Crippen LogP contribution is 2.32. The summed E-state index contributed by atoms with van der Waals surface area (Å²) in [5.74, 6) is 0.171. The van der Waals surface area contributed by atoms with Gasteiger partial charge in [-0.15, -0.1) is 0 Å². The Morgan fingerprint density at radius 3 is 2.36 bits per heavy atom. The number of nitrogens with two attached hydrogens (primary N) is 1. The monoisotopic (exact) mass is 312 g/mol. The largest absolute Gasteiger partial charge is 0.383 e. The molecule has 0 atom stereocenters. The van der Waals surface area contributed by atoms with E-state index in [9.17, 15) is 4.39 Å². The highest BCUT2D eigenvalue weighted by molar-refractivity contribution is 7.81. The number of pyridine rings is 1. The van der Waals surface area contributed by atoms with Crippen LogP contribution in [0, 0.1) is 5.82 Å². The van der Waals surface area contributed by atoms with Crippen molar-refractivity contribution in [2.75, 3.05) is 5.73 Å². The standard InChI is InChI=1S/C18H17FN2S/c1-18(2,22)13-6-3-12-9-15(17(20)21-16(12)10-13)11-4-7-14(19)8-5-11/h3-10,22H,1-2H3,(H2,20,21). The second-order valence-electron chi connectivity index (χ2n) is 5.89. The number of hydrogen-bond acceptors (Lipinski definition) is 3. The molecule has 0 saturated heterocycles. The number of hydrogen-bond donors (Lipinski definition) is 2. The van der Waals surface area contributed by atoms with E-state index in [1.165, 1.54) is 12.1 Å². The van der Waals surface area contributed by atoms with Crippen molar-refractivity contribution in [3.8, 4) is 11.1 Å². The molecule has 4 heteroatoms. The summed E-state index contributed by atoms with van der Waals surface area (Å²) >= 11 is 4.59. The van der Waals surface area contributed by atoms with E-state index in [-0.39, 0.29) is 10.6 Å². The first-order valence-electron chi connectivity index (χ1n) is 7.04. The van der Waals surface area contributed by atoms with Crippen molar-refractivity contribution in [1.29, 1.82) is 0 Å². The minimum atomic E-state index is -0.267. The van der Waals surface area contributed by atoms with Crippen molar-refractivity contribution >= 4 is 29.3 Å². The van der Waals surface area contributed by atoms with Crippen molar-refractivity contribution in [3.63, 3.8) is 0 Å². The minimum absolute atomic E-state index is 0.236. The van der Waals surface area contributed by atoms with Crippen LogP contribution >= 0.6 is 12.6 Å². The zero-order valence-electron chi connectivity index (χ0n) is 12.5. The summed E-state index contributed by atoms with van der Waals surface area (Å²) in [6, 6.07) is 14.3. The molecule has 0 aliphatic carbocycles. The van der Waals surface area contributed by atoms with Crippen molar-refractivity contribution in [1.82, 2.24) is 4.98 Å². The quantitative estimate of drug-likeness (QED) is 0.668. The molecule has 22 heavy (non-hydrogen) atoms. The van der Waals surface area contributed by atoms with E-state index in [0.29, 0.717) is 5.82 Å². The first-order chi connectivity index (χ1) is 10.3. The Labute approximate surface area is 134 Å². The number of nitrogens with zero attached hydrogens (tertiary/aromatic N) is 1. The van der Waals surface area contributed by atoms with Gasteiger partial charge in [-0.2, -0.15) is 12.6 Å². The molecule has 0 unspecified atom stereocenters. The summed E-state index contributed by atoms with van der Waals surface area (Å²) in [5.41, 5.74) is 9.68. The fourth-order valence-electron chi connectivity index (χ4n) is 2.42. The Hall–Kier alpha value is -2.07. The fourth-order valence-corrected chi connectivity index (χ4v) is 2.56. The molecule has 0 aliphatic rings. The van der Waals surface area contributed by atoms with Crippen LogP contribution in [0.15, 0.2) is 48.5 Å². The molecule has 0 fully saturated rings. The molecule has 0 amide bonds. The summed E-state index contributed by atoms with van der Waals surface area (Å²) < 4.78 is 12.8. The molecular weight excluding hydrogens is 295 g/mol. The van der Waals surface area contributed by atoms with Crippen LogP contribution in [0.2, 0.25) is 0 Å². The minimum Gasteiger partial charge on any atom is -0.383 e. The molecule has 0 saturated carbocycles. The van der Waals surface area contributed by atoms with Crippen LogP contribution in [0.25, 0.3) is 22.0 Å². The summed E-state index contributed by atoms with van der Waals surface area (Å²) in [5, 5.41) is 0.995. The zero-order valence-corrected chi connectivity index (χ0v) is 13.4. The number of benzene rings is 2. The molecule has 2 nitrogen and oxygen atoms in total. The number of fused-ring (bicyclic) bond motifs is 1. The lowest BCUT2D eigenvalue weighted by atomic mass is 9.98. The molecule has 1 aromatic heterocycles. The van der Waals surface area contributed by atoms with Gasteiger partial charge in [0.15, 0.2) is 0 Å². The Kier molecular flexibility index (Phi) is 3.57.